The monoisotopic (exact) mass is 1790 g/mol. The number of halogens is 1. The molecule has 129 heavy (non-hydrogen) atoms. The van der Waals surface area contributed by atoms with Crippen molar-refractivity contribution in [2.24, 2.45) is 0 Å². The van der Waals surface area contributed by atoms with Crippen LogP contribution in [0.5, 0.6) is 0 Å². The Balaban J connectivity index is 0.000000130. The van der Waals surface area contributed by atoms with Gasteiger partial charge in [0.15, 0.2) is 11.6 Å². The summed E-state index contributed by atoms with van der Waals surface area (Å²) >= 11 is 6.25. The normalized spacial score (nSPS) is 12.3. The van der Waals surface area contributed by atoms with Crippen LogP contribution in [-0.4, -0.2) is 47.1 Å². The number of pyridine rings is 2. The number of benzene rings is 16. The molecule has 20 aromatic rings. The van der Waals surface area contributed by atoms with Crippen LogP contribution in [0.4, 0.5) is 0 Å². The van der Waals surface area contributed by atoms with E-state index in [-0.39, 0.29) is 38.1 Å². The van der Waals surface area contributed by atoms with Gasteiger partial charge in [-0.1, -0.05) is 376 Å². The Morgan fingerprint density at radius 3 is 0.845 bits per heavy atom. The number of hydrogen-bond donors (Lipinski definition) is 2. The van der Waals surface area contributed by atoms with Crippen LogP contribution in [0.3, 0.4) is 0 Å². The van der Waals surface area contributed by atoms with Gasteiger partial charge in [0.05, 0.1) is 33.6 Å². The first-order chi connectivity index (χ1) is 63.2. The van der Waals surface area contributed by atoms with Crippen molar-refractivity contribution in [3.05, 3.63) is 499 Å². The predicted octanol–water partition coefficient (Wildman–Crippen LogP) is 27.4. The molecule has 4 aliphatic carbocycles. The molecule has 0 saturated carbocycles. The molecule has 2 atom stereocenters. The fourth-order valence-corrected chi connectivity index (χ4v) is 19.7. The maximum Gasteiger partial charge on any atom is 0.488 e. The third-order valence-electron chi connectivity index (χ3n) is 25.2. The van der Waals surface area contributed by atoms with E-state index in [1.54, 1.807) is 12.4 Å². The zero-order chi connectivity index (χ0) is 86.2. The van der Waals surface area contributed by atoms with Gasteiger partial charge in [-0.2, -0.15) is 0 Å². The Bertz CT molecular complexity index is 7480. The molecule has 0 bridgehead atoms. The summed E-state index contributed by atoms with van der Waals surface area (Å²) in [6.07, 6.45) is 7.35. The second kappa shape index (κ2) is 36.2. The van der Waals surface area contributed by atoms with Crippen molar-refractivity contribution in [3.63, 3.8) is 0 Å². The van der Waals surface area contributed by atoms with Gasteiger partial charge in [0.1, 0.15) is 0 Å². The minimum absolute atomic E-state index is 0. The summed E-state index contributed by atoms with van der Waals surface area (Å²) in [5.41, 5.74) is 40.9. The van der Waals surface area contributed by atoms with Gasteiger partial charge in [-0.15, -0.1) is 17.9 Å². The van der Waals surface area contributed by atoms with E-state index in [9.17, 15) is 10.0 Å². The van der Waals surface area contributed by atoms with Gasteiger partial charge in [-0.3, -0.25) is 9.97 Å². The van der Waals surface area contributed by atoms with Gasteiger partial charge in [0, 0.05) is 95.9 Å². The Kier molecular flexibility index (Phi) is 23.4. The second-order valence-electron chi connectivity index (χ2n) is 32.3. The minimum Gasteiger partial charge on any atom is -0.423 e. The van der Waals surface area contributed by atoms with E-state index in [0.717, 1.165) is 112 Å². The maximum absolute atomic E-state index is 9.85. The third kappa shape index (κ3) is 15.3. The summed E-state index contributed by atoms with van der Waals surface area (Å²) in [6.45, 7) is 0. The van der Waals surface area contributed by atoms with Gasteiger partial charge < -0.3 is 10.0 Å². The summed E-state index contributed by atoms with van der Waals surface area (Å²) in [5, 5.41) is 20.4. The molecule has 2 unspecified atom stereocenters. The Hall–Kier alpha value is -13.8. The molecule has 8 nitrogen and oxygen atoms in total. The van der Waals surface area contributed by atoms with Gasteiger partial charge in [-0.05, 0) is 211 Å². The molecule has 2 N–H and O–H groups in total. The van der Waals surface area contributed by atoms with E-state index < -0.39 is 12.5 Å². The molecule has 0 fully saturated rings. The molecule has 24 rings (SSSR count). The van der Waals surface area contributed by atoms with E-state index in [1.165, 1.54) is 89.0 Å². The summed E-state index contributed by atoms with van der Waals surface area (Å²) in [4.78, 5) is 28.7. The molecule has 0 saturated heterocycles. The molecule has 4 aromatic heterocycles. The van der Waals surface area contributed by atoms with Crippen LogP contribution in [0.15, 0.2) is 449 Å². The third-order valence-corrected chi connectivity index (χ3v) is 25.4. The van der Waals surface area contributed by atoms with Gasteiger partial charge in [0.25, 0.3) is 0 Å². The molecule has 16 aromatic carbocycles. The van der Waals surface area contributed by atoms with Crippen molar-refractivity contribution in [2.75, 3.05) is 0 Å². The van der Waals surface area contributed by atoms with E-state index >= 15 is 0 Å². The van der Waals surface area contributed by atoms with Crippen LogP contribution in [0, 0.1) is 0 Å². The molecule has 0 amide bonds. The largest absolute Gasteiger partial charge is 0.488 e. The Labute approximate surface area is 785 Å². The van der Waals surface area contributed by atoms with Crippen molar-refractivity contribution in [2.45, 2.75) is 10.8 Å². The molecule has 4 aliphatic rings. The van der Waals surface area contributed by atoms with Crippen molar-refractivity contribution >= 4 is 42.0 Å². The first-order valence-corrected chi connectivity index (χ1v) is 45.8. The van der Waals surface area contributed by atoms with Gasteiger partial charge in [0.2, 0.25) is 0 Å². The number of aromatic nitrogens is 6. The van der Waals surface area contributed by atoms with Crippen LogP contribution in [0.2, 0.25) is 5.02 Å². The molecular formula is C116H80BClN6O2P2Y. The zero-order valence-electron chi connectivity index (χ0n) is 70.0. The van der Waals surface area contributed by atoms with Gasteiger partial charge >= 0.3 is 7.12 Å². The number of fused-ring (bicyclic) bond motifs is 20. The van der Waals surface area contributed by atoms with Crippen molar-refractivity contribution in [1.29, 1.82) is 0 Å². The van der Waals surface area contributed by atoms with Gasteiger partial charge in [-0.25, -0.2) is 19.9 Å². The number of nitrogens with zero attached hydrogens (tertiary/aromatic N) is 6. The number of hydrogen-bond acceptors (Lipinski definition) is 8. The van der Waals surface area contributed by atoms with E-state index in [4.69, 9.17) is 31.5 Å². The molecule has 13 heteroatoms. The van der Waals surface area contributed by atoms with Crippen molar-refractivity contribution in [3.8, 4) is 168 Å². The average molecular weight is 1790 g/mol. The molecular weight excluding hydrogens is 1710 g/mol. The summed E-state index contributed by atoms with van der Waals surface area (Å²) < 4.78 is 0. The first-order valence-electron chi connectivity index (χ1n) is 42.7. The predicted molar refractivity (Wildman–Crippen MR) is 533 cm³/mol. The second-order valence-corrected chi connectivity index (χ2v) is 32.7. The Morgan fingerprint density at radius 2 is 0.488 bits per heavy atom. The Morgan fingerprint density at radius 1 is 0.217 bits per heavy atom. The maximum atomic E-state index is 9.85. The van der Waals surface area contributed by atoms with E-state index in [2.05, 4.69) is 355 Å². The van der Waals surface area contributed by atoms with Crippen molar-refractivity contribution < 1.29 is 42.8 Å². The molecule has 2 spiro atoms. The zero-order valence-corrected chi connectivity index (χ0v) is 75.9. The standard InChI is InChI=1S/C58H37N3.C33H22ClN3.C25H17BO2.H4P2.Y/c1-2-13-40(14-3-1)57-60-55(39-28-26-38(27-29-39)46-19-12-32-59-37-46)36-56(61-57)45-18-11-17-43(34-45)41-15-10-16-42(33-41)44-30-31-50-49-22-6-9-25-53(49)58(54(50)35-44)51-23-7-4-20-47(51)48-21-5-8-24-52(48)58;34-30-13-5-10-27(20-30)26-9-4-11-28(19-26)32-21-31(36-33(37-32)25-7-2-1-3-8-25)24-16-14-23(15-17-24)29-12-6-18-35-22-29;27-26(28)16-13-14-20-19-9-3-6-12-23(19)25(24(20)15-16)21-10-4-1-7-17(21)18-8-2-5-11-22(18)25;1-2;/h1-37H;1-22H;1-15,27-28H;1-2H2;. The SMILES string of the molecule is Clc1cccc(-c2cccc(-c3cc(-c4ccc(-c5cccnc5)cc4)nc(-c4ccccc4)n3)c2)c1.OB(O)c1ccc2c(c1)C1(c3ccccc3-c3ccccc31)c1ccccc1-2.PP.[Y].c1ccc(-c2nc(-c3ccc(-c4cccnc4)cc3)cc(-c3cccc(-c4cccc(-c5ccc6c(c5)C5(c7ccccc7-c7ccccc75)c5ccccc5-6)c4)c3)n2)cc1. The fraction of sp³-hybridized carbons (Fsp3) is 0.0172. The molecule has 1 radical (unpaired) electrons. The summed E-state index contributed by atoms with van der Waals surface area (Å²) in [6, 6.07) is 149. The average Bonchev–Trinajstić information content (AvgIpc) is 1.51. The van der Waals surface area contributed by atoms with Crippen LogP contribution >= 0.6 is 29.5 Å². The quantitative estimate of drug-likeness (QED) is 0.0917. The molecule has 609 valence electrons. The minimum atomic E-state index is -1.49. The first kappa shape index (κ1) is 83.4. The fourth-order valence-electron chi connectivity index (χ4n) is 19.5. The molecule has 0 aliphatic heterocycles. The number of rotatable bonds is 12. The van der Waals surface area contributed by atoms with Crippen LogP contribution in [0.1, 0.15) is 44.5 Å². The smallest absolute Gasteiger partial charge is 0.423 e. The topological polar surface area (TPSA) is 118 Å². The van der Waals surface area contributed by atoms with E-state index in [0.29, 0.717) is 22.1 Å². The molecule has 4 heterocycles. The van der Waals surface area contributed by atoms with E-state index in [1.807, 2.05) is 109 Å². The summed E-state index contributed by atoms with van der Waals surface area (Å²) in [7, 11) is 3.18. The van der Waals surface area contributed by atoms with Crippen LogP contribution in [-0.2, 0) is 43.5 Å². The van der Waals surface area contributed by atoms with Crippen LogP contribution in [0.25, 0.3) is 168 Å². The van der Waals surface area contributed by atoms with Crippen molar-refractivity contribution in [1.82, 2.24) is 29.9 Å². The van der Waals surface area contributed by atoms with Crippen LogP contribution < -0.4 is 5.46 Å². The summed E-state index contributed by atoms with van der Waals surface area (Å²) in [5.74, 6) is 1.39.